The minimum Gasteiger partial charge on any atom is -0.382 e. The maximum atomic E-state index is 12.8. The number of thiazole rings is 1. The molecule has 0 bridgehead atoms. The molecule has 0 atom stereocenters. The van der Waals surface area contributed by atoms with Gasteiger partial charge in [-0.2, -0.15) is 0 Å². The second-order valence-corrected chi connectivity index (χ2v) is 9.24. The third-order valence-electron chi connectivity index (χ3n) is 5.89. The van der Waals surface area contributed by atoms with Gasteiger partial charge in [0.15, 0.2) is 0 Å². The minimum atomic E-state index is -0.0469. The Hall–Kier alpha value is -2.33. The van der Waals surface area contributed by atoms with Gasteiger partial charge < -0.3 is 24.0 Å². The Balaban J connectivity index is 1.37. The highest BCUT2D eigenvalue weighted by atomic mass is 32.1. The van der Waals surface area contributed by atoms with Crippen molar-refractivity contribution >= 4 is 23.2 Å². The van der Waals surface area contributed by atoms with Crippen LogP contribution in [0.3, 0.4) is 0 Å². The Bertz CT molecular complexity index is 884. The van der Waals surface area contributed by atoms with Crippen LogP contribution in [0, 0.1) is 0 Å². The van der Waals surface area contributed by atoms with Crippen LogP contribution in [0.5, 0.6) is 0 Å². The zero-order chi connectivity index (χ0) is 24.2. The highest BCUT2D eigenvalue weighted by Crippen LogP contribution is 2.30. The van der Waals surface area contributed by atoms with Crippen molar-refractivity contribution in [1.29, 1.82) is 0 Å². The summed E-state index contributed by atoms with van der Waals surface area (Å²) < 4.78 is 15.7. The molecule has 0 N–H and O–H groups in total. The molecule has 186 valence electrons. The van der Waals surface area contributed by atoms with Crippen molar-refractivity contribution in [3.63, 3.8) is 0 Å². The molecule has 2 heterocycles. The maximum absolute atomic E-state index is 12.8. The van der Waals surface area contributed by atoms with E-state index < -0.39 is 0 Å². The smallest absolute Gasteiger partial charge is 0.273 e. The number of rotatable bonds is 13. The molecule has 1 fully saturated rings. The van der Waals surface area contributed by atoms with Crippen LogP contribution in [0.4, 0.5) is 0 Å². The van der Waals surface area contributed by atoms with Gasteiger partial charge in [0.1, 0.15) is 12.3 Å². The van der Waals surface area contributed by atoms with E-state index in [0.29, 0.717) is 51.8 Å². The average molecular weight is 490 g/mol. The maximum Gasteiger partial charge on any atom is 0.273 e. The van der Waals surface area contributed by atoms with Crippen LogP contribution in [0.15, 0.2) is 35.7 Å². The number of benzene rings is 1. The van der Waals surface area contributed by atoms with Gasteiger partial charge in [-0.1, -0.05) is 30.3 Å². The predicted molar refractivity (Wildman–Crippen MR) is 131 cm³/mol. The Morgan fingerprint density at radius 2 is 1.79 bits per heavy atom. The van der Waals surface area contributed by atoms with Crippen LogP contribution in [-0.2, 0) is 25.4 Å². The summed E-state index contributed by atoms with van der Waals surface area (Å²) in [6, 6.07) is 10.2. The van der Waals surface area contributed by atoms with Gasteiger partial charge in [-0.25, -0.2) is 4.98 Å². The van der Waals surface area contributed by atoms with Gasteiger partial charge in [-0.05, 0) is 24.8 Å². The number of aromatic nitrogens is 1. The summed E-state index contributed by atoms with van der Waals surface area (Å²) in [5.41, 5.74) is 1.72. The number of piperidine rings is 1. The second-order valence-electron chi connectivity index (χ2n) is 8.35. The van der Waals surface area contributed by atoms with Gasteiger partial charge in [0.2, 0.25) is 5.91 Å². The van der Waals surface area contributed by atoms with E-state index in [1.165, 1.54) is 5.56 Å². The molecule has 1 aromatic heterocycles. The van der Waals surface area contributed by atoms with E-state index in [1.54, 1.807) is 23.3 Å². The zero-order valence-electron chi connectivity index (χ0n) is 20.1. The number of hydrogen-bond acceptors (Lipinski definition) is 7. The van der Waals surface area contributed by atoms with E-state index in [4.69, 9.17) is 14.2 Å². The number of carbonyl (C=O) groups excluding carboxylic acids is 2. The standard InChI is InChI=1S/C25H35N3O5S/c1-27(11-8-20-6-4-3-5-7-20)25(30)22-19-34-24(26-22)21-9-12-28(13-10-21)23(29)18-33-17-16-32-15-14-31-2/h3-7,19,21H,8-18H2,1-2H3. The van der Waals surface area contributed by atoms with Gasteiger partial charge in [-0.15, -0.1) is 11.3 Å². The number of methoxy groups -OCH3 is 1. The molecule has 2 amide bonds. The van der Waals surface area contributed by atoms with Crippen LogP contribution in [-0.4, -0.2) is 93.4 Å². The average Bonchev–Trinajstić information content (AvgIpc) is 3.37. The van der Waals surface area contributed by atoms with Gasteiger partial charge >= 0.3 is 0 Å². The quantitative estimate of drug-likeness (QED) is 0.403. The largest absolute Gasteiger partial charge is 0.382 e. The van der Waals surface area contributed by atoms with Crippen LogP contribution in [0.2, 0.25) is 0 Å². The van der Waals surface area contributed by atoms with E-state index in [9.17, 15) is 9.59 Å². The number of ether oxygens (including phenoxy) is 3. The SMILES string of the molecule is COCCOCCOCC(=O)N1CCC(c2nc(C(=O)N(C)CCc3ccccc3)cs2)CC1. The third-order valence-corrected chi connectivity index (χ3v) is 6.90. The van der Waals surface area contributed by atoms with E-state index >= 15 is 0 Å². The van der Waals surface area contributed by atoms with Crippen LogP contribution >= 0.6 is 11.3 Å². The molecular formula is C25H35N3O5S. The van der Waals surface area contributed by atoms with Crippen molar-refractivity contribution in [2.24, 2.45) is 0 Å². The predicted octanol–water partition coefficient (Wildman–Crippen LogP) is 2.84. The monoisotopic (exact) mass is 489 g/mol. The summed E-state index contributed by atoms with van der Waals surface area (Å²) in [4.78, 5) is 33.4. The Kier molecular flexibility index (Phi) is 10.9. The molecule has 1 aliphatic heterocycles. The van der Waals surface area contributed by atoms with Gasteiger partial charge in [-0.3, -0.25) is 9.59 Å². The molecule has 3 rings (SSSR count). The summed E-state index contributed by atoms with van der Waals surface area (Å²) in [6.45, 7) is 3.99. The van der Waals surface area contributed by atoms with E-state index in [1.807, 2.05) is 35.5 Å². The topological polar surface area (TPSA) is 81.2 Å². The number of hydrogen-bond donors (Lipinski definition) is 0. The molecule has 0 aliphatic carbocycles. The lowest BCUT2D eigenvalue weighted by Gasteiger charge is -2.31. The third kappa shape index (κ3) is 8.16. The van der Waals surface area contributed by atoms with Crippen molar-refractivity contribution in [3.05, 3.63) is 52.0 Å². The van der Waals surface area contributed by atoms with E-state index in [0.717, 1.165) is 24.3 Å². The zero-order valence-corrected chi connectivity index (χ0v) is 20.9. The first-order chi connectivity index (χ1) is 16.6. The van der Waals surface area contributed by atoms with Crippen LogP contribution < -0.4 is 0 Å². The van der Waals surface area contributed by atoms with Crippen molar-refractivity contribution < 1.29 is 23.8 Å². The van der Waals surface area contributed by atoms with Crippen molar-refractivity contribution in [2.45, 2.75) is 25.2 Å². The summed E-state index contributed by atoms with van der Waals surface area (Å²) in [6.07, 6.45) is 2.50. The fourth-order valence-corrected chi connectivity index (χ4v) is 4.77. The first-order valence-electron chi connectivity index (χ1n) is 11.8. The van der Waals surface area contributed by atoms with Gasteiger partial charge in [0.05, 0.1) is 31.4 Å². The van der Waals surface area contributed by atoms with Crippen molar-refractivity contribution in [3.8, 4) is 0 Å². The number of likely N-dealkylation sites (N-methyl/N-ethyl adjacent to an activating group) is 1. The first kappa shape index (κ1) is 26.3. The fourth-order valence-electron chi connectivity index (χ4n) is 3.80. The van der Waals surface area contributed by atoms with Crippen molar-refractivity contribution in [1.82, 2.24) is 14.8 Å². The lowest BCUT2D eigenvalue weighted by atomic mass is 9.97. The number of likely N-dealkylation sites (tertiary alicyclic amines) is 1. The molecule has 0 spiro atoms. The van der Waals surface area contributed by atoms with E-state index in [-0.39, 0.29) is 24.3 Å². The highest BCUT2D eigenvalue weighted by molar-refractivity contribution is 7.09. The first-order valence-corrected chi connectivity index (χ1v) is 12.6. The summed E-state index contributed by atoms with van der Waals surface area (Å²) in [5, 5.41) is 2.84. The fraction of sp³-hybridized carbons (Fsp3) is 0.560. The van der Waals surface area contributed by atoms with E-state index in [2.05, 4.69) is 17.1 Å². The molecule has 2 aromatic rings. The van der Waals surface area contributed by atoms with Crippen LogP contribution in [0.1, 0.15) is 39.8 Å². The molecule has 1 aliphatic rings. The molecule has 34 heavy (non-hydrogen) atoms. The Morgan fingerprint density at radius 1 is 1.09 bits per heavy atom. The van der Waals surface area contributed by atoms with Gasteiger partial charge in [0, 0.05) is 45.1 Å². The highest BCUT2D eigenvalue weighted by Gasteiger charge is 2.26. The molecule has 0 saturated carbocycles. The molecule has 9 heteroatoms. The number of nitrogens with zero attached hydrogens (tertiary/aromatic N) is 3. The molecule has 8 nitrogen and oxygen atoms in total. The molecule has 0 radical (unpaired) electrons. The number of amides is 2. The molecular weight excluding hydrogens is 454 g/mol. The lowest BCUT2D eigenvalue weighted by molar-refractivity contribution is -0.137. The van der Waals surface area contributed by atoms with Crippen LogP contribution in [0.25, 0.3) is 0 Å². The molecule has 1 aromatic carbocycles. The summed E-state index contributed by atoms with van der Waals surface area (Å²) in [7, 11) is 3.45. The number of carbonyl (C=O) groups is 2. The summed E-state index contributed by atoms with van der Waals surface area (Å²) >= 11 is 1.54. The molecule has 0 unspecified atom stereocenters. The molecule has 1 saturated heterocycles. The lowest BCUT2D eigenvalue weighted by Crippen LogP contribution is -2.40. The second kappa shape index (κ2) is 14.2. The minimum absolute atomic E-state index is 0.00499. The van der Waals surface area contributed by atoms with Crippen molar-refractivity contribution in [2.75, 3.05) is 66.8 Å². The van der Waals surface area contributed by atoms with Gasteiger partial charge in [0.25, 0.3) is 5.91 Å². The normalized spacial score (nSPS) is 14.4. The Morgan fingerprint density at radius 3 is 2.53 bits per heavy atom. The Labute approximate surface area is 205 Å². The summed E-state index contributed by atoms with van der Waals surface area (Å²) in [5.74, 6) is 0.236.